The zero-order valence-corrected chi connectivity index (χ0v) is 13.5. The standard InChI is InChI=1S/C14H22N4O2S/c1-4-9-16-14-7-6-13(11-17-14)21(19,20)18(12(2)3)10-5-8-15/h6-7,11-12H,4-5,9-10H2,1-3H3,(H,16,17). The average Bonchev–Trinajstić information content (AvgIpc) is 2.45. The number of anilines is 1. The van der Waals surface area contributed by atoms with Gasteiger partial charge in [-0.3, -0.25) is 0 Å². The van der Waals surface area contributed by atoms with Gasteiger partial charge in [-0.25, -0.2) is 13.4 Å². The minimum atomic E-state index is -3.62. The lowest BCUT2D eigenvalue weighted by Gasteiger charge is -2.24. The third-order valence-electron chi connectivity index (χ3n) is 2.92. The van der Waals surface area contributed by atoms with E-state index in [0.717, 1.165) is 13.0 Å². The van der Waals surface area contributed by atoms with Crippen molar-refractivity contribution >= 4 is 15.8 Å². The fourth-order valence-corrected chi connectivity index (χ4v) is 3.43. The van der Waals surface area contributed by atoms with E-state index in [-0.39, 0.29) is 23.9 Å². The Hall–Kier alpha value is -1.65. The summed E-state index contributed by atoms with van der Waals surface area (Å²) in [5.41, 5.74) is 0. The monoisotopic (exact) mass is 310 g/mol. The van der Waals surface area contributed by atoms with Crippen LogP contribution < -0.4 is 5.32 Å². The molecule has 1 aromatic rings. The first-order valence-electron chi connectivity index (χ1n) is 7.02. The van der Waals surface area contributed by atoms with E-state index in [0.29, 0.717) is 5.82 Å². The first kappa shape index (κ1) is 17.4. The van der Waals surface area contributed by atoms with Crippen molar-refractivity contribution in [2.75, 3.05) is 18.4 Å². The van der Waals surface area contributed by atoms with Crippen molar-refractivity contribution in [3.05, 3.63) is 18.3 Å². The molecule has 116 valence electrons. The Bertz CT molecular complexity index is 576. The molecule has 0 spiro atoms. The Morgan fingerprint density at radius 3 is 2.62 bits per heavy atom. The molecule has 0 amide bonds. The fraction of sp³-hybridized carbons (Fsp3) is 0.571. The van der Waals surface area contributed by atoms with Crippen molar-refractivity contribution in [1.82, 2.24) is 9.29 Å². The predicted octanol–water partition coefficient (Wildman–Crippen LogP) is 2.22. The number of aromatic nitrogens is 1. The molecule has 0 aliphatic rings. The summed E-state index contributed by atoms with van der Waals surface area (Å²) >= 11 is 0. The maximum Gasteiger partial charge on any atom is 0.244 e. The molecule has 0 atom stereocenters. The van der Waals surface area contributed by atoms with Gasteiger partial charge in [0.05, 0.1) is 6.07 Å². The SMILES string of the molecule is CCCNc1ccc(S(=O)(=O)N(CCC#N)C(C)C)cn1. The van der Waals surface area contributed by atoms with Crippen molar-refractivity contribution in [1.29, 1.82) is 5.26 Å². The summed E-state index contributed by atoms with van der Waals surface area (Å²) in [6, 6.07) is 4.97. The summed E-state index contributed by atoms with van der Waals surface area (Å²) < 4.78 is 26.4. The van der Waals surface area contributed by atoms with Crippen molar-refractivity contribution in [2.45, 2.75) is 44.6 Å². The molecule has 0 bridgehead atoms. The second-order valence-electron chi connectivity index (χ2n) is 4.92. The molecule has 0 aliphatic carbocycles. The van der Waals surface area contributed by atoms with Gasteiger partial charge in [-0.05, 0) is 32.4 Å². The minimum Gasteiger partial charge on any atom is -0.370 e. The van der Waals surface area contributed by atoms with Crippen LogP contribution in [0.3, 0.4) is 0 Å². The van der Waals surface area contributed by atoms with E-state index in [4.69, 9.17) is 5.26 Å². The number of nitrogens with one attached hydrogen (secondary N) is 1. The van der Waals surface area contributed by atoms with Crippen molar-refractivity contribution in [2.24, 2.45) is 0 Å². The van der Waals surface area contributed by atoms with E-state index in [2.05, 4.69) is 10.3 Å². The number of hydrogen-bond donors (Lipinski definition) is 1. The molecule has 0 saturated heterocycles. The number of nitrogens with zero attached hydrogens (tertiary/aromatic N) is 3. The highest BCUT2D eigenvalue weighted by atomic mass is 32.2. The van der Waals surface area contributed by atoms with Crippen LogP contribution in [0.2, 0.25) is 0 Å². The molecule has 1 heterocycles. The zero-order chi connectivity index (χ0) is 15.9. The van der Waals surface area contributed by atoms with Gasteiger partial charge in [0.25, 0.3) is 0 Å². The van der Waals surface area contributed by atoms with Crippen LogP contribution in [-0.2, 0) is 10.0 Å². The predicted molar refractivity (Wildman–Crippen MR) is 82.3 cm³/mol. The molecule has 0 fully saturated rings. The summed E-state index contributed by atoms with van der Waals surface area (Å²) in [4.78, 5) is 4.27. The van der Waals surface area contributed by atoms with Gasteiger partial charge in [0.15, 0.2) is 0 Å². The molecule has 1 N–H and O–H groups in total. The van der Waals surface area contributed by atoms with E-state index in [9.17, 15) is 8.42 Å². The molecule has 21 heavy (non-hydrogen) atoms. The van der Waals surface area contributed by atoms with Crippen molar-refractivity contribution in [3.8, 4) is 6.07 Å². The van der Waals surface area contributed by atoms with Gasteiger partial charge in [0, 0.05) is 31.7 Å². The Kier molecular flexibility index (Phi) is 6.59. The second-order valence-corrected chi connectivity index (χ2v) is 6.81. The first-order chi connectivity index (χ1) is 9.93. The maximum atomic E-state index is 12.6. The smallest absolute Gasteiger partial charge is 0.244 e. The number of nitriles is 1. The first-order valence-corrected chi connectivity index (χ1v) is 8.46. The summed E-state index contributed by atoms with van der Waals surface area (Å²) in [6.07, 6.45) is 2.49. The number of pyridine rings is 1. The molecule has 0 radical (unpaired) electrons. The van der Waals surface area contributed by atoms with Crippen molar-refractivity contribution < 1.29 is 8.42 Å². The van der Waals surface area contributed by atoms with E-state index in [1.165, 1.54) is 10.5 Å². The van der Waals surface area contributed by atoms with Gasteiger partial charge in [0.1, 0.15) is 10.7 Å². The highest BCUT2D eigenvalue weighted by Crippen LogP contribution is 2.19. The van der Waals surface area contributed by atoms with Gasteiger partial charge < -0.3 is 5.32 Å². The van der Waals surface area contributed by atoms with Crippen LogP contribution in [0.4, 0.5) is 5.82 Å². The summed E-state index contributed by atoms with van der Waals surface area (Å²) in [6.45, 7) is 6.60. The highest BCUT2D eigenvalue weighted by molar-refractivity contribution is 7.89. The van der Waals surface area contributed by atoms with E-state index in [1.807, 2.05) is 13.0 Å². The molecule has 7 heteroatoms. The fourth-order valence-electron chi connectivity index (χ4n) is 1.84. The second kappa shape index (κ2) is 7.96. The molecule has 1 rings (SSSR count). The third-order valence-corrected chi connectivity index (χ3v) is 4.98. The lowest BCUT2D eigenvalue weighted by molar-refractivity contribution is 0.360. The highest BCUT2D eigenvalue weighted by Gasteiger charge is 2.26. The third kappa shape index (κ3) is 4.69. The minimum absolute atomic E-state index is 0.149. The van der Waals surface area contributed by atoms with Crippen LogP contribution in [0.25, 0.3) is 0 Å². The number of sulfonamides is 1. The van der Waals surface area contributed by atoms with Crippen LogP contribution in [0, 0.1) is 11.3 Å². The molecular weight excluding hydrogens is 288 g/mol. The topological polar surface area (TPSA) is 86.1 Å². The number of hydrogen-bond acceptors (Lipinski definition) is 5. The van der Waals surface area contributed by atoms with Gasteiger partial charge in [-0.2, -0.15) is 9.57 Å². The average molecular weight is 310 g/mol. The van der Waals surface area contributed by atoms with Gasteiger partial charge in [-0.15, -0.1) is 0 Å². The van der Waals surface area contributed by atoms with Gasteiger partial charge in [-0.1, -0.05) is 6.92 Å². The molecule has 0 aromatic carbocycles. The maximum absolute atomic E-state index is 12.6. The van der Waals surface area contributed by atoms with Crippen LogP contribution in [0.5, 0.6) is 0 Å². The van der Waals surface area contributed by atoms with Crippen molar-refractivity contribution in [3.63, 3.8) is 0 Å². The van der Waals surface area contributed by atoms with E-state index >= 15 is 0 Å². The Labute approximate surface area is 126 Å². The summed E-state index contributed by atoms with van der Waals surface area (Å²) in [5, 5.41) is 11.8. The molecular formula is C14H22N4O2S. The summed E-state index contributed by atoms with van der Waals surface area (Å²) in [7, 11) is -3.62. The van der Waals surface area contributed by atoms with E-state index in [1.54, 1.807) is 26.0 Å². The number of rotatable bonds is 8. The van der Waals surface area contributed by atoms with Crippen LogP contribution in [0.1, 0.15) is 33.6 Å². The molecule has 1 aromatic heterocycles. The normalized spacial score (nSPS) is 11.6. The lowest BCUT2D eigenvalue weighted by atomic mass is 10.3. The van der Waals surface area contributed by atoms with Crippen LogP contribution in [-0.4, -0.2) is 36.8 Å². The Morgan fingerprint density at radius 1 is 1.43 bits per heavy atom. The van der Waals surface area contributed by atoms with E-state index < -0.39 is 10.0 Å². The molecule has 6 nitrogen and oxygen atoms in total. The largest absolute Gasteiger partial charge is 0.370 e. The molecule has 0 saturated carbocycles. The van der Waals surface area contributed by atoms with Gasteiger partial charge in [0.2, 0.25) is 10.0 Å². The molecule has 0 aliphatic heterocycles. The van der Waals surface area contributed by atoms with Crippen LogP contribution >= 0.6 is 0 Å². The Morgan fingerprint density at radius 2 is 2.14 bits per heavy atom. The Balaban J connectivity index is 2.97. The summed E-state index contributed by atoms with van der Waals surface area (Å²) in [5.74, 6) is 0.656. The molecule has 0 unspecified atom stereocenters. The van der Waals surface area contributed by atoms with Gasteiger partial charge >= 0.3 is 0 Å². The lowest BCUT2D eigenvalue weighted by Crippen LogP contribution is -2.37. The van der Waals surface area contributed by atoms with Crippen LogP contribution in [0.15, 0.2) is 23.2 Å². The quantitative estimate of drug-likeness (QED) is 0.795. The zero-order valence-electron chi connectivity index (χ0n) is 12.7.